The third-order valence-corrected chi connectivity index (χ3v) is 1.96. The number of carboxylic acid groups (broad SMARTS) is 1. The van der Waals surface area contributed by atoms with Gasteiger partial charge in [0.1, 0.15) is 12.4 Å². The van der Waals surface area contributed by atoms with E-state index in [0.29, 0.717) is 12.1 Å². The van der Waals surface area contributed by atoms with Crippen LogP contribution in [0.3, 0.4) is 0 Å². The van der Waals surface area contributed by atoms with Gasteiger partial charge in [-0.25, -0.2) is 9.78 Å². The Balaban J connectivity index is 2.91. The van der Waals surface area contributed by atoms with Crippen molar-refractivity contribution >= 4 is 11.8 Å². The van der Waals surface area contributed by atoms with Crippen LogP contribution in [0.5, 0.6) is 0 Å². The molecule has 0 aliphatic heterocycles. The van der Waals surface area contributed by atoms with Crippen molar-refractivity contribution in [3.8, 4) is 0 Å². The monoisotopic (exact) mass is 248 g/mol. The van der Waals surface area contributed by atoms with Gasteiger partial charge in [0.15, 0.2) is 0 Å². The fourth-order valence-electron chi connectivity index (χ4n) is 1.17. The third kappa shape index (κ3) is 4.29. The van der Waals surface area contributed by atoms with Crippen LogP contribution >= 0.6 is 0 Å². The summed E-state index contributed by atoms with van der Waals surface area (Å²) in [7, 11) is 0. The van der Waals surface area contributed by atoms with Crippen molar-refractivity contribution in [1.29, 1.82) is 0 Å². The number of hydrogen-bond acceptors (Lipinski definition) is 3. The van der Waals surface area contributed by atoms with Gasteiger partial charge in [0.25, 0.3) is 0 Å². The van der Waals surface area contributed by atoms with E-state index in [4.69, 9.17) is 5.11 Å². The molecule has 0 bridgehead atoms. The number of anilines is 1. The van der Waals surface area contributed by atoms with Crippen LogP contribution in [0.2, 0.25) is 0 Å². The number of aryl methyl sites for hydroxylation is 1. The molecule has 0 amide bonds. The van der Waals surface area contributed by atoms with Gasteiger partial charge in [-0.05, 0) is 18.6 Å². The molecule has 94 valence electrons. The molecule has 2 N–H and O–H groups in total. The second-order valence-corrected chi connectivity index (χ2v) is 3.36. The Morgan fingerprint density at radius 3 is 2.59 bits per heavy atom. The number of halogens is 3. The average molecular weight is 248 g/mol. The maximum atomic E-state index is 12.0. The number of hydrogen-bond donors (Lipinski definition) is 2. The molecule has 0 saturated carbocycles. The van der Waals surface area contributed by atoms with Crippen LogP contribution < -0.4 is 5.32 Å². The summed E-state index contributed by atoms with van der Waals surface area (Å²) in [6, 6.07) is 2.41. The van der Waals surface area contributed by atoms with Crippen molar-refractivity contribution in [1.82, 2.24) is 4.98 Å². The highest BCUT2D eigenvalue weighted by molar-refractivity contribution is 5.88. The molecule has 0 radical (unpaired) electrons. The van der Waals surface area contributed by atoms with Gasteiger partial charge in [-0.15, -0.1) is 0 Å². The molecule has 7 heteroatoms. The summed E-state index contributed by atoms with van der Waals surface area (Å²) >= 11 is 0. The number of nitrogens with one attached hydrogen (secondary N) is 1. The minimum Gasteiger partial charge on any atom is -0.478 e. The van der Waals surface area contributed by atoms with Gasteiger partial charge in [0.2, 0.25) is 0 Å². The van der Waals surface area contributed by atoms with E-state index in [1.807, 2.05) is 0 Å². The van der Waals surface area contributed by atoms with Crippen molar-refractivity contribution in [3.63, 3.8) is 0 Å². The maximum Gasteiger partial charge on any atom is 0.405 e. The van der Waals surface area contributed by atoms with Crippen LogP contribution in [-0.2, 0) is 6.42 Å². The van der Waals surface area contributed by atoms with E-state index in [0.717, 1.165) is 6.07 Å². The van der Waals surface area contributed by atoms with Gasteiger partial charge < -0.3 is 10.4 Å². The lowest BCUT2D eigenvalue weighted by Crippen LogP contribution is -2.22. The Morgan fingerprint density at radius 2 is 2.12 bits per heavy atom. The first-order chi connectivity index (χ1) is 7.81. The quantitative estimate of drug-likeness (QED) is 0.858. The number of carbonyl (C=O) groups is 1. The summed E-state index contributed by atoms with van der Waals surface area (Å²) in [5, 5.41) is 10.8. The zero-order chi connectivity index (χ0) is 13.1. The standard InChI is InChI=1S/C10H11F3N2O2/c1-2-7-3-6(9(16)17)4-8(15-7)14-5-10(11,12)13/h3-4H,2,5H2,1H3,(H,14,15)(H,16,17). The molecule has 0 aliphatic rings. The Hall–Kier alpha value is -1.79. The fourth-order valence-corrected chi connectivity index (χ4v) is 1.17. The first kappa shape index (κ1) is 13.3. The number of nitrogens with zero attached hydrogens (tertiary/aromatic N) is 1. The van der Waals surface area contributed by atoms with Crippen LogP contribution in [0.15, 0.2) is 12.1 Å². The number of aromatic nitrogens is 1. The Bertz CT molecular complexity index is 419. The smallest absolute Gasteiger partial charge is 0.405 e. The molecule has 0 atom stereocenters. The summed E-state index contributed by atoms with van der Waals surface area (Å²) in [6.45, 7) is 0.494. The zero-order valence-corrected chi connectivity index (χ0v) is 9.01. The van der Waals surface area contributed by atoms with Crippen molar-refractivity contribution < 1.29 is 23.1 Å². The van der Waals surface area contributed by atoms with E-state index < -0.39 is 18.7 Å². The van der Waals surface area contributed by atoms with Crippen molar-refractivity contribution in [3.05, 3.63) is 23.4 Å². The highest BCUT2D eigenvalue weighted by atomic mass is 19.4. The van der Waals surface area contributed by atoms with Gasteiger partial charge in [-0.2, -0.15) is 13.2 Å². The Kier molecular flexibility index (Phi) is 3.93. The summed E-state index contributed by atoms with van der Waals surface area (Å²) in [6.07, 6.45) is -3.92. The molecular weight excluding hydrogens is 237 g/mol. The highest BCUT2D eigenvalue weighted by Gasteiger charge is 2.27. The number of alkyl halides is 3. The van der Waals surface area contributed by atoms with Crippen molar-refractivity contribution in [2.75, 3.05) is 11.9 Å². The molecule has 1 aromatic heterocycles. The minimum atomic E-state index is -4.37. The molecule has 0 aliphatic carbocycles. The summed E-state index contributed by atoms with van der Waals surface area (Å²) < 4.78 is 35.9. The van der Waals surface area contributed by atoms with E-state index in [-0.39, 0.29) is 11.4 Å². The first-order valence-corrected chi connectivity index (χ1v) is 4.86. The molecular formula is C10H11F3N2O2. The normalized spacial score (nSPS) is 11.3. The van der Waals surface area contributed by atoms with Crippen molar-refractivity contribution in [2.45, 2.75) is 19.5 Å². The molecule has 0 fully saturated rings. The number of pyridine rings is 1. The largest absolute Gasteiger partial charge is 0.478 e. The topological polar surface area (TPSA) is 62.2 Å². The minimum absolute atomic E-state index is 0.0819. The van der Waals surface area contributed by atoms with Gasteiger partial charge in [-0.1, -0.05) is 6.92 Å². The van der Waals surface area contributed by atoms with Gasteiger partial charge in [0.05, 0.1) is 5.56 Å². The van der Waals surface area contributed by atoms with E-state index in [9.17, 15) is 18.0 Å². The fraction of sp³-hybridized carbons (Fsp3) is 0.400. The van der Waals surface area contributed by atoms with E-state index >= 15 is 0 Å². The molecule has 0 spiro atoms. The molecule has 1 heterocycles. The Morgan fingerprint density at radius 1 is 1.47 bits per heavy atom. The molecule has 1 rings (SSSR count). The number of carboxylic acids is 1. The molecule has 0 saturated heterocycles. The van der Waals surface area contributed by atoms with Crippen LogP contribution in [0.1, 0.15) is 23.0 Å². The van der Waals surface area contributed by atoms with Crippen LogP contribution in [-0.4, -0.2) is 28.8 Å². The molecule has 17 heavy (non-hydrogen) atoms. The van der Waals surface area contributed by atoms with E-state index in [1.165, 1.54) is 6.07 Å². The second-order valence-electron chi connectivity index (χ2n) is 3.36. The number of rotatable bonds is 4. The van der Waals surface area contributed by atoms with Crippen LogP contribution in [0.4, 0.5) is 19.0 Å². The predicted octanol–water partition coefficient (Wildman–Crippen LogP) is 2.32. The van der Waals surface area contributed by atoms with E-state index in [1.54, 1.807) is 6.92 Å². The maximum absolute atomic E-state index is 12.0. The van der Waals surface area contributed by atoms with Gasteiger partial charge >= 0.3 is 12.1 Å². The second kappa shape index (κ2) is 5.03. The van der Waals surface area contributed by atoms with Crippen LogP contribution in [0, 0.1) is 0 Å². The molecule has 1 aromatic rings. The highest BCUT2D eigenvalue weighted by Crippen LogP contribution is 2.17. The summed E-state index contributed by atoms with van der Waals surface area (Å²) in [4.78, 5) is 14.6. The Labute approximate surface area is 95.5 Å². The van der Waals surface area contributed by atoms with Gasteiger partial charge in [-0.3, -0.25) is 0 Å². The summed E-state index contributed by atoms with van der Waals surface area (Å²) in [5.41, 5.74) is 0.344. The van der Waals surface area contributed by atoms with Gasteiger partial charge in [0, 0.05) is 5.69 Å². The molecule has 0 aromatic carbocycles. The average Bonchev–Trinajstić information content (AvgIpc) is 2.25. The summed E-state index contributed by atoms with van der Waals surface area (Å²) in [5.74, 6) is -1.28. The van der Waals surface area contributed by atoms with Crippen LogP contribution in [0.25, 0.3) is 0 Å². The number of aromatic carboxylic acids is 1. The third-order valence-electron chi connectivity index (χ3n) is 1.96. The lowest BCUT2D eigenvalue weighted by Gasteiger charge is -2.10. The SMILES string of the molecule is CCc1cc(C(=O)O)cc(NCC(F)(F)F)n1. The van der Waals surface area contributed by atoms with Crippen molar-refractivity contribution in [2.24, 2.45) is 0 Å². The lowest BCUT2D eigenvalue weighted by atomic mass is 10.2. The molecule has 4 nitrogen and oxygen atoms in total. The predicted molar refractivity (Wildman–Crippen MR) is 55.1 cm³/mol. The first-order valence-electron chi connectivity index (χ1n) is 4.86. The molecule has 0 unspecified atom stereocenters. The zero-order valence-electron chi connectivity index (χ0n) is 9.01. The van der Waals surface area contributed by atoms with E-state index in [2.05, 4.69) is 10.3 Å². The lowest BCUT2D eigenvalue weighted by molar-refractivity contribution is -0.115.